The molecular weight excluding hydrogens is 340 g/mol. The molecule has 0 aliphatic carbocycles. The van der Waals surface area contributed by atoms with E-state index in [1.807, 2.05) is 30.3 Å². The Morgan fingerprint density at radius 1 is 1.16 bits per heavy atom. The van der Waals surface area contributed by atoms with Crippen molar-refractivity contribution in [1.82, 2.24) is 15.2 Å². The summed E-state index contributed by atoms with van der Waals surface area (Å²) in [6, 6.07) is 15.6. The highest BCUT2D eigenvalue weighted by Crippen LogP contribution is 2.09. The molecule has 2 N–H and O–H groups in total. The van der Waals surface area contributed by atoms with Gasteiger partial charge in [0.05, 0.1) is 17.5 Å². The van der Waals surface area contributed by atoms with Crippen LogP contribution in [0.5, 0.6) is 0 Å². The van der Waals surface area contributed by atoms with Crippen molar-refractivity contribution in [3.05, 3.63) is 86.8 Å². The summed E-state index contributed by atoms with van der Waals surface area (Å²) < 4.78 is 1.43. The Kier molecular flexibility index (Phi) is 4.81. The van der Waals surface area contributed by atoms with Gasteiger partial charge in [0.25, 0.3) is 11.5 Å². The highest BCUT2D eigenvalue weighted by Gasteiger charge is 2.10. The Balaban J connectivity index is 1.78. The van der Waals surface area contributed by atoms with Crippen LogP contribution in [0, 0.1) is 6.92 Å². The molecule has 2 aromatic carbocycles. The molecule has 3 aromatic rings. The van der Waals surface area contributed by atoms with E-state index in [-0.39, 0.29) is 11.5 Å². The monoisotopic (exact) mass is 354 g/mol. The fourth-order valence-corrected chi connectivity index (χ4v) is 2.42. The molecule has 1 aromatic heterocycles. The van der Waals surface area contributed by atoms with E-state index in [2.05, 4.69) is 15.6 Å². The Bertz CT molecular complexity index is 973. The standard InChI is InChI=1S/C18H15ClN4O2/c1-12-16(18(25)23(22-12)15-5-3-2-4-6-15)11-20-21-17(24)13-7-9-14(19)10-8-13/h2-11,22H,1H3,(H,21,24)/b20-11-. The lowest BCUT2D eigenvalue weighted by molar-refractivity contribution is 0.0955. The van der Waals surface area contributed by atoms with Crippen molar-refractivity contribution < 1.29 is 4.79 Å². The zero-order valence-electron chi connectivity index (χ0n) is 13.4. The summed E-state index contributed by atoms with van der Waals surface area (Å²) in [5.74, 6) is -0.385. The molecule has 0 saturated heterocycles. The van der Waals surface area contributed by atoms with Crippen molar-refractivity contribution in [1.29, 1.82) is 0 Å². The zero-order chi connectivity index (χ0) is 17.8. The minimum atomic E-state index is -0.385. The number of hydrazone groups is 1. The number of hydrogen-bond acceptors (Lipinski definition) is 3. The summed E-state index contributed by atoms with van der Waals surface area (Å²) in [4.78, 5) is 24.5. The van der Waals surface area contributed by atoms with Crippen LogP contribution in [0.25, 0.3) is 5.69 Å². The van der Waals surface area contributed by atoms with Crippen LogP contribution in [-0.2, 0) is 0 Å². The first-order valence-corrected chi connectivity index (χ1v) is 7.90. The molecule has 0 unspecified atom stereocenters. The quantitative estimate of drug-likeness (QED) is 0.558. The molecule has 0 spiro atoms. The summed E-state index contributed by atoms with van der Waals surface area (Å²) >= 11 is 5.79. The highest BCUT2D eigenvalue weighted by atomic mass is 35.5. The maximum absolute atomic E-state index is 12.5. The van der Waals surface area contributed by atoms with Crippen LogP contribution >= 0.6 is 11.6 Å². The van der Waals surface area contributed by atoms with Crippen molar-refractivity contribution in [2.75, 3.05) is 0 Å². The number of carbonyl (C=O) groups excluding carboxylic acids is 1. The van der Waals surface area contributed by atoms with Gasteiger partial charge in [0, 0.05) is 16.3 Å². The van der Waals surface area contributed by atoms with Crippen LogP contribution in [0.3, 0.4) is 0 Å². The minimum absolute atomic E-state index is 0.242. The molecule has 25 heavy (non-hydrogen) atoms. The molecule has 7 heteroatoms. The SMILES string of the molecule is Cc1[nH]n(-c2ccccc2)c(=O)c1/C=N\NC(=O)c1ccc(Cl)cc1. The summed E-state index contributed by atoms with van der Waals surface area (Å²) in [7, 11) is 0. The summed E-state index contributed by atoms with van der Waals surface area (Å²) in [5, 5.41) is 7.41. The van der Waals surface area contributed by atoms with Gasteiger partial charge in [0.15, 0.2) is 0 Å². The van der Waals surface area contributed by atoms with Crippen molar-refractivity contribution in [2.45, 2.75) is 6.92 Å². The molecule has 1 amide bonds. The highest BCUT2D eigenvalue weighted by molar-refractivity contribution is 6.30. The van der Waals surface area contributed by atoms with Crippen LogP contribution in [0.2, 0.25) is 5.02 Å². The topological polar surface area (TPSA) is 79.2 Å². The number of para-hydroxylation sites is 1. The van der Waals surface area contributed by atoms with Crippen molar-refractivity contribution in [3.8, 4) is 5.69 Å². The van der Waals surface area contributed by atoms with E-state index in [1.54, 1.807) is 31.2 Å². The number of rotatable bonds is 4. The van der Waals surface area contributed by atoms with E-state index in [0.29, 0.717) is 21.8 Å². The second-order valence-corrected chi connectivity index (χ2v) is 5.77. The van der Waals surface area contributed by atoms with E-state index < -0.39 is 0 Å². The van der Waals surface area contributed by atoms with Gasteiger partial charge in [-0.05, 0) is 43.3 Å². The summed E-state index contributed by atoms with van der Waals surface area (Å²) in [6.45, 7) is 1.77. The van der Waals surface area contributed by atoms with E-state index in [9.17, 15) is 9.59 Å². The second kappa shape index (κ2) is 7.19. The van der Waals surface area contributed by atoms with Gasteiger partial charge >= 0.3 is 0 Å². The maximum atomic E-state index is 12.5. The number of carbonyl (C=O) groups is 1. The molecule has 0 radical (unpaired) electrons. The molecule has 3 rings (SSSR count). The first-order valence-electron chi connectivity index (χ1n) is 7.52. The molecular formula is C18H15ClN4O2. The molecule has 0 aliphatic rings. The van der Waals surface area contributed by atoms with Crippen LogP contribution in [0.4, 0.5) is 0 Å². The third-order valence-electron chi connectivity index (χ3n) is 3.60. The van der Waals surface area contributed by atoms with E-state index in [4.69, 9.17) is 11.6 Å². The number of benzene rings is 2. The van der Waals surface area contributed by atoms with Gasteiger partial charge in [0.2, 0.25) is 0 Å². The Morgan fingerprint density at radius 3 is 2.52 bits per heavy atom. The number of halogens is 1. The predicted octanol–water partition coefficient (Wildman–Crippen LogP) is 2.89. The Morgan fingerprint density at radius 2 is 1.84 bits per heavy atom. The number of H-pyrrole nitrogens is 1. The van der Waals surface area contributed by atoms with E-state index >= 15 is 0 Å². The summed E-state index contributed by atoms with van der Waals surface area (Å²) in [6.07, 6.45) is 1.33. The normalized spacial score (nSPS) is 11.0. The minimum Gasteiger partial charge on any atom is -0.295 e. The summed E-state index contributed by atoms with van der Waals surface area (Å²) in [5.41, 5.74) is 4.33. The predicted molar refractivity (Wildman–Crippen MR) is 97.6 cm³/mol. The van der Waals surface area contributed by atoms with Gasteiger partial charge in [0.1, 0.15) is 0 Å². The molecule has 0 atom stereocenters. The molecule has 0 bridgehead atoms. The van der Waals surface area contributed by atoms with Crippen LogP contribution < -0.4 is 11.0 Å². The van der Waals surface area contributed by atoms with Crippen LogP contribution in [0.1, 0.15) is 21.6 Å². The lowest BCUT2D eigenvalue weighted by atomic mass is 10.2. The third-order valence-corrected chi connectivity index (χ3v) is 3.85. The van der Waals surface area contributed by atoms with Crippen LogP contribution in [0.15, 0.2) is 64.5 Å². The van der Waals surface area contributed by atoms with Gasteiger partial charge < -0.3 is 0 Å². The van der Waals surface area contributed by atoms with Gasteiger partial charge in [-0.2, -0.15) is 5.10 Å². The first kappa shape index (κ1) is 16.7. The maximum Gasteiger partial charge on any atom is 0.280 e. The van der Waals surface area contributed by atoms with Gasteiger partial charge in [-0.1, -0.05) is 29.8 Å². The van der Waals surface area contributed by atoms with Gasteiger partial charge in [-0.15, -0.1) is 0 Å². The zero-order valence-corrected chi connectivity index (χ0v) is 14.1. The Labute approximate surface area is 148 Å². The molecule has 1 heterocycles. The van der Waals surface area contributed by atoms with Gasteiger partial charge in [-0.3, -0.25) is 14.7 Å². The average Bonchev–Trinajstić information content (AvgIpc) is 2.91. The number of aromatic amines is 1. The molecule has 0 fully saturated rings. The molecule has 6 nitrogen and oxygen atoms in total. The second-order valence-electron chi connectivity index (χ2n) is 5.33. The van der Waals surface area contributed by atoms with E-state index in [1.165, 1.54) is 10.9 Å². The van der Waals surface area contributed by atoms with E-state index in [0.717, 1.165) is 5.69 Å². The largest absolute Gasteiger partial charge is 0.295 e. The molecule has 0 saturated carbocycles. The lowest BCUT2D eigenvalue weighted by Gasteiger charge is -1.99. The number of aromatic nitrogens is 2. The molecule has 0 aliphatic heterocycles. The fourth-order valence-electron chi connectivity index (χ4n) is 2.29. The average molecular weight is 355 g/mol. The molecule has 126 valence electrons. The lowest BCUT2D eigenvalue weighted by Crippen LogP contribution is -2.20. The van der Waals surface area contributed by atoms with Crippen molar-refractivity contribution in [3.63, 3.8) is 0 Å². The van der Waals surface area contributed by atoms with Crippen molar-refractivity contribution >= 4 is 23.7 Å². The van der Waals surface area contributed by atoms with Crippen LogP contribution in [-0.4, -0.2) is 21.9 Å². The number of nitrogens with one attached hydrogen (secondary N) is 2. The first-order chi connectivity index (χ1) is 12.1. The number of nitrogens with zero attached hydrogens (tertiary/aromatic N) is 2. The third kappa shape index (κ3) is 3.70. The number of aryl methyl sites for hydroxylation is 1. The number of amides is 1. The fraction of sp³-hybridized carbons (Fsp3) is 0.0556. The number of hydrogen-bond donors (Lipinski definition) is 2. The smallest absolute Gasteiger partial charge is 0.280 e. The Hall–Kier alpha value is -3.12. The van der Waals surface area contributed by atoms with Crippen molar-refractivity contribution in [2.24, 2.45) is 5.10 Å². The van der Waals surface area contributed by atoms with Gasteiger partial charge in [-0.25, -0.2) is 10.1 Å².